The molecular weight excluding hydrogens is 447 g/mol. The van der Waals surface area contributed by atoms with Gasteiger partial charge in [0.1, 0.15) is 0 Å². The summed E-state index contributed by atoms with van der Waals surface area (Å²) < 4.78 is 69.5. The molecule has 0 unspecified atom stereocenters. The largest absolute Gasteiger partial charge is 0.461 e. The van der Waals surface area contributed by atoms with Crippen LogP contribution < -0.4 is 5.73 Å². The first-order valence-electron chi connectivity index (χ1n) is 9.42. The van der Waals surface area contributed by atoms with Gasteiger partial charge in [0, 0.05) is 11.8 Å². The van der Waals surface area contributed by atoms with E-state index in [1.807, 2.05) is 0 Å². The zero-order valence-electron chi connectivity index (χ0n) is 17.2. The zero-order chi connectivity index (χ0) is 23.7. The lowest BCUT2D eigenvalue weighted by molar-refractivity contribution is -0.140. The average molecular weight is 467 g/mol. The van der Waals surface area contributed by atoms with E-state index in [9.17, 15) is 26.4 Å². The summed E-state index contributed by atoms with van der Waals surface area (Å²) in [6.07, 6.45) is -3.73. The monoisotopic (exact) mass is 467 g/mol. The fraction of sp³-hybridized carbons (Fsp3) is 0.238. The Morgan fingerprint density at radius 2 is 1.75 bits per heavy atom. The highest BCUT2D eigenvalue weighted by atomic mass is 32.2. The molecule has 7 nitrogen and oxygen atoms in total. The molecule has 0 saturated heterocycles. The number of alkyl halides is 3. The average Bonchev–Trinajstić information content (AvgIpc) is 3.04. The van der Waals surface area contributed by atoms with E-state index in [0.717, 1.165) is 10.9 Å². The van der Waals surface area contributed by atoms with Crippen LogP contribution in [0.5, 0.6) is 0 Å². The summed E-state index contributed by atoms with van der Waals surface area (Å²) in [6, 6.07) is 13.0. The first-order valence-corrected chi connectivity index (χ1v) is 11.3. The van der Waals surface area contributed by atoms with Crippen LogP contribution in [0.25, 0.3) is 11.1 Å². The predicted octanol–water partition coefficient (Wildman–Crippen LogP) is 3.78. The number of carbonyl (C=O) groups excluding carboxylic acids is 1. The molecule has 0 aliphatic rings. The van der Waals surface area contributed by atoms with Gasteiger partial charge >= 0.3 is 12.1 Å². The van der Waals surface area contributed by atoms with Gasteiger partial charge in [0.25, 0.3) is 0 Å². The highest BCUT2D eigenvalue weighted by Gasteiger charge is 2.40. The lowest BCUT2D eigenvalue weighted by atomic mass is 10.0. The standard InChI is InChI=1S/C21H20F3N3O4S/c1-3-31-20(28)18-17(25)19(21(22,23)24)26-27(18)12-13-8-10-14(11-9-13)15-6-4-5-7-16(15)32(2,29)30/h4-11H,3,12,25H2,1-2H3. The summed E-state index contributed by atoms with van der Waals surface area (Å²) in [5.41, 5.74) is 4.56. The molecule has 0 saturated carbocycles. The van der Waals surface area contributed by atoms with Crippen LogP contribution in [-0.4, -0.2) is 37.0 Å². The van der Waals surface area contributed by atoms with Crippen LogP contribution in [-0.2, 0) is 27.3 Å². The van der Waals surface area contributed by atoms with Gasteiger partial charge < -0.3 is 10.5 Å². The first kappa shape index (κ1) is 23.3. The molecule has 0 atom stereocenters. The fourth-order valence-corrected chi connectivity index (χ4v) is 4.12. The predicted molar refractivity (Wildman–Crippen MR) is 112 cm³/mol. The Labute approximate surface area is 182 Å². The minimum Gasteiger partial charge on any atom is -0.461 e. The van der Waals surface area contributed by atoms with Gasteiger partial charge in [-0.1, -0.05) is 42.5 Å². The number of nitrogens with zero attached hydrogens (tertiary/aromatic N) is 2. The lowest BCUT2D eigenvalue weighted by Crippen LogP contribution is -2.15. The quantitative estimate of drug-likeness (QED) is 0.554. The number of ether oxygens (including phenoxy) is 1. The second-order valence-electron chi connectivity index (χ2n) is 6.95. The molecule has 1 heterocycles. The third kappa shape index (κ3) is 4.77. The van der Waals surface area contributed by atoms with Crippen LogP contribution in [0.3, 0.4) is 0 Å². The van der Waals surface area contributed by atoms with Crippen molar-refractivity contribution in [3.05, 3.63) is 65.5 Å². The Balaban J connectivity index is 1.99. The second kappa shape index (κ2) is 8.65. The van der Waals surface area contributed by atoms with Gasteiger partial charge in [0.2, 0.25) is 0 Å². The summed E-state index contributed by atoms with van der Waals surface area (Å²) in [5.74, 6) is -1.01. The number of nitrogen functional groups attached to an aromatic ring is 1. The number of hydrogen-bond acceptors (Lipinski definition) is 6. The maximum atomic E-state index is 13.2. The minimum atomic E-state index is -4.84. The highest BCUT2D eigenvalue weighted by molar-refractivity contribution is 7.90. The fourth-order valence-electron chi connectivity index (χ4n) is 3.21. The smallest absolute Gasteiger partial charge is 0.437 e. The second-order valence-corrected chi connectivity index (χ2v) is 8.94. The minimum absolute atomic E-state index is 0.0424. The molecule has 11 heteroatoms. The molecule has 0 bridgehead atoms. The molecule has 3 rings (SSSR count). The number of hydrogen-bond donors (Lipinski definition) is 1. The van der Waals surface area contributed by atoms with Crippen molar-refractivity contribution in [3.8, 4) is 11.1 Å². The van der Waals surface area contributed by atoms with E-state index >= 15 is 0 Å². The summed E-state index contributed by atoms with van der Waals surface area (Å²) >= 11 is 0. The summed E-state index contributed by atoms with van der Waals surface area (Å²) in [6.45, 7) is 1.30. The van der Waals surface area contributed by atoms with Crippen molar-refractivity contribution in [1.82, 2.24) is 9.78 Å². The van der Waals surface area contributed by atoms with Crippen LogP contribution in [0.15, 0.2) is 53.4 Å². The van der Waals surface area contributed by atoms with Gasteiger partial charge in [0.15, 0.2) is 21.2 Å². The molecule has 0 fully saturated rings. The lowest BCUT2D eigenvalue weighted by Gasteiger charge is -2.10. The van der Waals surface area contributed by atoms with Crippen LogP contribution in [0, 0.1) is 0 Å². The Morgan fingerprint density at radius 1 is 1.12 bits per heavy atom. The molecule has 170 valence electrons. The molecular formula is C21H20F3N3O4S. The number of rotatable bonds is 6. The Kier molecular flexibility index (Phi) is 6.31. The maximum absolute atomic E-state index is 13.2. The van der Waals surface area contributed by atoms with Crippen molar-refractivity contribution in [2.45, 2.75) is 24.5 Å². The van der Waals surface area contributed by atoms with Gasteiger partial charge in [-0.05, 0) is 24.1 Å². The van der Waals surface area contributed by atoms with E-state index in [1.165, 1.54) is 13.0 Å². The van der Waals surface area contributed by atoms with Gasteiger partial charge in [-0.2, -0.15) is 18.3 Å². The molecule has 2 N–H and O–H groups in total. The zero-order valence-corrected chi connectivity index (χ0v) is 18.0. The van der Waals surface area contributed by atoms with E-state index in [0.29, 0.717) is 16.7 Å². The number of aromatic nitrogens is 2. The number of carbonyl (C=O) groups is 1. The molecule has 3 aromatic rings. The van der Waals surface area contributed by atoms with E-state index in [1.54, 1.807) is 42.5 Å². The molecule has 2 aromatic carbocycles. The van der Waals surface area contributed by atoms with Gasteiger partial charge in [-0.15, -0.1) is 0 Å². The number of anilines is 1. The maximum Gasteiger partial charge on any atom is 0.437 e. The highest BCUT2D eigenvalue weighted by Crippen LogP contribution is 2.35. The van der Waals surface area contributed by atoms with Gasteiger partial charge in [0.05, 0.1) is 23.7 Å². The van der Waals surface area contributed by atoms with Crippen molar-refractivity contribution in [2.24, 2.45) is 0 Å². The van der Waals surface area contributed by atoms with E-state index in [-0.39, 0.29) is 18.0 Å². The number of esters is 1. The number of benzene rings is 2. The van der Waals surface area contributed by atoms with Crippen molar-refractivity contribution in [3.63, 3.8) is 0 Å². The van der Waals surface area contributed by atoms with Crippen molar-refractivity contribution < 1.29 is 31.1 Å². The Hall–Kier alpha value is -3.34. The van der Waals surface area contributed by atoms with E-state index in [4.69, 9.17) is 10.5 Å². The normalized spacial score (nSPS) is 12.0. The third-order valence-corrected chi connectivity index (χ3v) is 5.77. The third-order valence-electron chi connectivity index (χ3n) is 4.61. The van der Waals surface area contributed by atoms with Crippen LogP contribution >= 0.6 is 0 Å². The number of nitrogens with two attached hydrogens (primary N) is 1. The number of sulfone groups is 1. The molecule has 0 amide bonds. The molecule has 1 aromatic heterocycles. The van der Waals surface area contributed by atoms with E-state index in [2.05, 4.69) is 5.10 Å². The molecule has 0 spiro atoms. The Bertz CT molecular complexity index is 1250. The van der Waals surface area contributed by atoms with Crippen molar-refractivity contribution in [2.75, 3.05) is 18.6 Å². The number of halogens is 3. The Morgan fingerprint density at radius 3 is 2.31 bits per heavy atom. The van der Waals surface area contributed by atoms with Crippen LogP contribution in [0.4, 0.5) is 18.9 Å². The molecule has 0 aliphatic heterocycles. The first-order chi connectivity index (χ1) is 14.9. The van der Waals surface area contributed by atoms with Crippen LogP contribution in [0.1, 0.15) is 28.7 Å². The van der Waals surface area contributed by atoms with Crippen molar-refractivity contribution in [1.29, 1.82) is 0 Å². The van der Waals surface area contributed by atoms with E-state index < -0.39 is 39.1 Å². The summed E-state index contributed by atoms with van der Waals surface area (Å²) in [4.78, 5) is 12.4. The topological polar surface area (TPSA) is 104 Å². The summed E-state index contributed by atoms with van der Waals surface area (Å²) in [5, 5.41) is 3.49. The SMILES string of the molecule is CCOC(=O)c1c(N)c(C(F)(F)F)nn1Cc1ccc(-c2ccccc2S(C)(=O)=O)cc1. The molecule has 0 aliphatic carbocycles. The van der Waals surface area contributed by atoms with Crippen LogP contribution in [0.2, 0.25) is 0 Å². The van der Waals surface area contributed by atoms with Gasteiger partial charge in [-0.25, -0.2) is 13.2 Å². The van der Waals surface area contributed by atoms with Crippen molar-refractivity contribution >= 4 is 21.5 Å². The molecule has 0 radical (unpaired) electrons. The molecule has 32 heavy (non-hydrogen) atoms. The summed E-state index contributed by atoms with van der Waals surface area (Å²) in [7, 11) is -3.46. The van der Waals surface area contributed by atoms with Gasteiger partial charge in [-0.3, -0.25) is 4.68 Å².